The van der Waals surface area contributed by atoms with Gasteiger partial charge in [-0.15, -0.1) is 0 Å². The van der Waals surface area contributed by atoms with Crippen molar-refractivity contribution in [3.8, 4) is 0 Å². The molecular formula is C11H18N2O2S. The normalized spacial score (nSPS) is 12.0. The molecule has 1 aromatic rings. The molecule has 0 aliphatic heterocycles. The van der Waals surface area contributed by atoms with Crippen LogP contribution in [0.5, 0.6) is 0 Å². The van der Waals surface area contributed by atoms with Crippen molar-refractivity contribution in [1.82, 2.24) is 4.90 Å². The van der Waals surface area contributed by atoms with Crippen LogP contribution in [0.1, 0.15) is 5.56 Å². The second-order valence-electron chi connectivity index (χ2n) is 4.14. The Hall–Kier alpha value is -1.07. The molecule has 4 nitrogen and oxygen atoms in total. The molecule has 0 atom stereocenters. The number of sulfone groups is 1. The maximum atomic E-state index is 11.9. The highest BCUT2D eigenvalue weighted by Crippen LogP contribution is 2.18. The number of nitrogen functional groups attached to an aromatic ring is 1. The van der Waals surface area contributed by atoms with Gasteiger partial charge < -0.3 is 10.6 Å². The van der Waals surface area contributed by atoms with E-state index in [1.807, 2.05) is 25.9 Å². The van der Waals surface area contributed by atoms with Gasteiger partial charge in [0.15, 0.2) is 9.84 Å². The largest absolute Gasteiger partial charge is 0.398 e. The Labute approximate surface area is 97.0 Å². The molecule has 0 fully saturated rings. The predicted molar refractivity (Wildman–Crippen MR) is 66.2 cm³/mol. The summed E-state index contributed by atoms with van der Waals surface area (Å²) in [5, 5.41) is 0. The molecule has 0 spiro atoms. The van der Waals surface area contributed by atoms with Crippen LogP contribution in [-0.4, -0.2) is 39.7 Å². The standard InChI is InChI=1S/C11H18N2O2S/c1-9-4-5-10(8-11(9)12)16(14,15)7-6-13(2)3/h4-5,8H,6-7,12H2,1-3H3. The molecule has 90 valence electrons. The van der Waals surface area contributed by atoms with Crippen molar-refractivity contribution in [3.05, 3.63) is 23.8 Å². The predicted octanol–water partition coefficient (Wildman–Crippen LogP) is 0.913. The molecule has 0 aliphatic rings. The number of rotatable bonds is 4. The van der Waals surface area contributed by atoms with Crippen molar-refractivity contribution in [2.45, 2.75) is 11.8 Å². The number of anilines is 1. The second-order valence-corrected chi connectivity index (χ2v) is 6.25. The van der Waals surface area contributed by atoms with Crippen LogP contribution in [0.2, 0.25) is 0 Å². The Morgan fingerprint density at radius 1 is 1.31 bits per heavy atom. The summed E-state index contributed by atoms with van der Waals surface area (Å²) in [4.78, 5) is 2.15. The molecule has 0 saturated carbocycles. The van der Waals surface area contributed by atoms with E-state index in [-0.39, 0.29) is 5.75 Å². The van der Waals surface area contributed by atoms with Gasteiger partial charge in [0, 0.05) is 12.2 Å². The third-order valence-electron chi connectivity index (χ3n) is 2.42. The van der Waals surface area contributed by atoms with Gasteiger partial charge in [0.05, 0.1) is 10.6 Å². The van der Waals surface area contributed by atoms with Crippen LogP contribution in [0.15, 0.2) is 23.1 Å². The van der Waals surface area contributed by atoms with Crippen LogP contribution < -0.4 is 5.73 Å². The molecule has 0 saturated heterocycles. The molecule has 0 aromatic heterocycles. The second kappa shape index (κ2) is 4.84. The zero-order valence-corrected chi connectivity index (χ0v) is 10.7. The summed E-state index contributed by atoms with van der Waals surface area (Å²) in [6.45, 7) is 2.36. The van der Waals surface area contributed by atoms with Gasteiger partial charge in [-0.2, -0.15) is 0 Å². The fraction of sp³-hybridized carbons (Fsp3) is 0.455. The van der Waals surface area contributed by atoms with Gasteiger partial charge in [-0.3, -0.25) is 0 Å². The van der Waals surface area contributed by atoms with Gasteiger partial charge in [-0.25, -0.2) is 8.42 Å². The minimum atomic E-state index is -3.22. The molecule has 1 aromatic carbocycles. The third kappa shape index (κ3) is 3.21. The number of aryl methyl sites for hydroxylation is 1. The van der Waals surface area contributed by atoms with Gasteiger partial charge >= 0.3 is 0 Å². The molecule has 0 aliphatic carbocycles. The van der Waals surface area contributed by atoms with Crippen molar-refractivity contribution in [2.75, 3.05) is 32.1 Å². The number of hydrogen-bond acceptors (Lipinski definition) is 4. The summed E-state index contributed by atoms with van der Waals surface area (Å²) in [5.74, 6) is 0.114. The van der Waals surface area contributed by atoms with E-state index < -0.39 is 9.84 Å². The first-order chi connectivity index (χ1) is 7.33. The van der Waals surface area contributed by atoms with Crippen molar-refractivity contribution >= 4 is 15.5 Å². The lowest BCUT2D eigenvalue weighted by Gasteiger charge is -2.10. The molecule has 0 radical (unpaired) electrons. The number of nitrogens with two attached hydrogens (primary N) is 1. The first-order valence-electron chi connectivity index (χ1n) is 5.06. The van der Waals surface area contributed by atoms with Crippen LogP contribution in [0.25, 0.3) is 0 Å². The summed E-state index contributed by atoms with van der Waals surface area (Å²) in [6.07, 6.45) is 0. The van der Waals surface area contributed by atoms with Crippen LogP contribution in [-0.2, 0) is 9.84 Å². The van der Waals surface area contributed by atoms with Crippen LogP contribution in [0.4, 0.5) is 5.69 Å². The molecule has 0 amide bonds. The van der Waals surface area contributed by atoms with Gasteiger partial charge in [0.25, 0.3) is 0 Å². The maximum absolute atomic E-state index is 11.9. The minimum absolute atomic E-state index is 0.114. The van der Waals surface area contributed by atoms with Gasteiger partial charge in [-0.1, -0.05) is 6.07 Å². The highest BCUT2D eigenvalue weighted by Gasteiger charge is 2.15. The topological polar surface area (TPSA) is 63.4 Å². The molecule has 5 heteroatoms. The zero-order valence-electron chi connectivity index (χ0n) is 9.90. The zero-order chi connectivity index (χ0) is 12.3. The number of nitrogens with zero attached hydrogens (tertiary/aromatic N) is 1. The first-order valence-corrected chi connectivity index (χ1v) is 6.72. The van der Waals surface area contributed by atoms with Gasteiger partial charge in [0.2, 0.25) is 0 Å². The van der Waals surface area contributed by atoms with Crippen LogP contribution in [0, 0.1) is 6.92 Å². The highest BCUT2D eigenvalue weighted by molar-refractivity contribution is 7.91. The Bertz CT molecular complexity index is 467. The molecule has 0 heterocycles. The molecule has 16 heavy (non-hydrogen) atoms. The molecular weight excluding hydrogens is 224 g/mol. The average molecular weight is 242 g/mol. The minimum Gasteiger partial charge on any atom is -0.398 e. The SMILES string of the molecule is Cc1ccc(S(=O)(=O)CCN(C)C)cc1N. The van der Waals surface area contributed by atoms with Gasteiger partial charge in [0.1, 0.15) is 0 Å². The summed E-state index contributed by atoms with van der Waals surface area (Å²) in [5.41, 5.74) is 7.11. The third-order valence-corrected chi connectivity index (χ3v) is 4.11. The van der Waals surface area contributed by atoms with E-state index in [0.717, 1.165) is 5.56 Å². The smallest absolute Gasteiger partial charge is 0.179 e. The number of benzene rings is 1. The molecule has 0 bridgehead atoms. The number of hydrogen-bond donors (Lipinski definition) is 1. The van der Waals surface area contributed by atoms with Crippen molar-refractivity contribution in [3.63, 3.8) is 0 Å². The van der Waals surface area contributed by atoms with Crippen molar-refractivity contribution in [1.29, 1.82) is 0 Å². The fourth-order valence-corrected chi connectivity index (χ4v) is 2.66. The van der Waals surface area contributed by atoms with E-state index in [4.69, 9.17) is 5.73 Å². The Morgan fingerprint density at radius 2 is 1.94 bits per heavy atom. The van der Waals surface area contributed by atoms with E-state index in [1.54, 1.807) is 12.1 Å². The molecule has 2 N–H and O–H groups in total. The van der Waals surface area contributed by atoms with E-state index >= 15 is 0 Å². The Balaban J connectivity index is 2.94. The van der Waals surface area contributed by atoms with Gasteiger partial charge in [-0.05, 0) is 38.7 Å². The maximum Gasteiger partial charge on any atom is 0.179 e. The van der Waals surface area contributed by atoms with Crippen LogP contribution in [0.3, 0.4) is 0 Å². The monoisotopic (exact) mass is 242 g/mol. The van der Waals surface area contributed by atoms with E-state index in [9.17, 15) is 8.42 Å². The highest BCUT2D eigenvalue weighted by atomic mass is 32.2. The first kappa shape index (κ1) is 13.0. The summed E-state index contributed by atoms with van der Waals surface area (Å²) < 4.78 is 23.8. The van der Waals surface area contributed by atoms with E-state index in [1.165, 1.54) is 6.07 Å². The lowest BCUT2D eigenvalue weighted by Crippen LogP contribution is -2.22. The summed E-state index contributed by atoms with van der Waals surface area (Å²) >= 11 is 0. The Morgan fingerprint density at radius 3 is 2.44 bits per heavy atom. The summed E-state index contributed by atoms with van der Waals surface area (Å²) in [7, 11) is 0.476. The lowest BCUT2D eigenvalue weighted by atomic mass is 10.2. The van der Waals surface area contributed by atoms with E-state index in [2.05, 4.69) is 0 Å². The quantitative estimate of drug-likeness (QED) is 0.797. The molecule has 0 unspecified atom stereocenters. The lowest BCUT2D eigenvalue weighted by molar-refractivity contribution is 0.432. The summed E-state index contributed by atoms with van der Waals surface area (Å²) in [6, 6.07) is 4.87. The Kier molecular flexibility index (Phi) is 3.93. The van der Waals surface area contributed by atoms with Crippen molar-refractivity contribution in [2.24, 2.45) is 0 Å². The fourth-order valence-electron chi connectivity index (χ4n) is 1.23. The molecule has 1 rings (SSSR count). The average Bonchev–Trinajstić information content (AvgIpc) is 2.19. The van der Waals surface area contributed by atoms with Crippen molar-refractivity contribution < 1.29 is 8.42 Å². The van der Waals surface area contributed by atoms with Crippen LogP contribution >= 0.6 is 0 Å². The van der Waals surface area contributed by atoms with E-state index in [0.29, 0.717) is 17.1 Å².